The Morgan fingerprint density at radius 2 is 2.11 bits per heavy atom. The summed E-state index contributed by atoms with van der Waals surface area (Å²) in [5, 5.41) is 8.96. The van der Waals surface area contributed by atoms with Crippen molar-refractivity contribution in [3.8, 4) is 11.6 Å². The minimum Gasteiger partial charge on any atom is -0.478 e. The van der Waals surface area contributed by atoms with Gasteiger partial charge in [-0.25, -0.2) is 14.2 Å². The van der Waals surface area contributed by atoms with E-state index in [1.165, 1.54) is 6.07 Å². The molecular weight excluding hydrogens is 237 g/mol. The van der Waals surface area contributed by atoms with Gasteiger partial charge in [-0.15, -0.1) is 0 Å². The number of carbonyl (C=O) groups is 1. The Hall–Kier alpha value is -2.43. The number of carboxylic acids is 1. The zero-order valence-corrected chi connectivity index (χ0v) is 9.55. The third kappa shape index (κ3) is 2.63. The van der Waals surface area contributed by atoms with Gasteiger partial charge in [-0.1, -0.05) is 6.07 Å². The molecule has 18 heavy (non-hydrogen) atoms. The largest absolute Gasteiger partial charge is 0.478 e. The van der Waals surface area contributed by atoms with Crippen LogP contribution >= 0.6 is 0 Å². The van der Waals surface area contributed by atoms with Gasteiger partial charge in [-0.05, 0) is 31.2 Å². The van der Waals surface area contributed by atoms with Gasteiger partial charge in [-0.2, -0.15) is 0 Å². The van der Waals surface area contributed by atoms with Crippen LogP contribution in [0.2, 0.25) is 0 Å². The molecule has 0 amide bonds. The third-order valence-corrected chi connectivity index (χ3v) is 2.25. The number of nitrogens with zero attached hydrogens (tertiary/aromatic N) is 1. The summed E-state index contributed by atoms with van der Waals surface area (Å²) < 4.78 is 18.3. The van der Waals surface area contributed by atoms with Crippen LogP contribution in [-0.2, 0) is 0 Å². The monoisotopic (exact) mass is 247 g/mol. The lowest BCUT2D eigenvalue weighted by Gasteiger charge is -2.08. The van der Waals surface area contributed by atoms with E-state index in [-0.39, 0.29) is 17.2 Å². The second-order valence-electron chi connectivity index (χ2n) is 3.66. The van der Waals surface area contributed by atoms with E-state index in [1.807, 2.05) is 0 Å². The summed E-state index contributed by atoms with van der Waals surface area (Å²) >= 11 is 0. The normalized spacial score (nSPS) is 10.1. The van der Waals surface area contributed by atoms with Crippen molar-refractivity contribution in [1.82, 2.24) is 4.98 Å². The Kier molecular flexibility index (Phi) is 3.23. The predicted molar refractivity (Wildman–Crippen MR) is 62.4 cm³/mol. The van der Waals surface area contributed by atoms with Crippen LogP contribution < -0.4 is 4.74 Å². The summed E-state index contributed by atoms with van der Waals surface area (Å²) in [6.07, 6.45) is 0. The van der Waals surface area contributed by atoms with Gasteiger partial charge in [-0.3, -0.25) is 0 Å². The highest BCUT2D eigenvalue weighted by Crippen LogP contribution is 2.25. The number of ether oxygens (including phenoxy) is 1. The molecule has 1 N–H and O–H groups in total. The summed E-state index contributed by atoms with van der Waals surface area (Å²) in [6.45, 7) is 1.79. The minimum absolute atomic E-state index is 0.0574. The lowest BCUT2D eigenvalue weighted by molar-refractivity contribution is 0.0693. The van der Waals surface area contributed by atoms with Crippen molar-refractivity contribution in [2.75, 3.05) is 0 Å². The topological polar surface area (TPSA) is 59.4 Å². The maximum atomic E-state index is 13.0. The van der Waals surface area contributed by atoms with Crippen molar-refractivity contribution >= 4 is 5.97 Å². The van der Waals surface area contributed by atoms with E-state index in [9.17, 15) is 9.18 Å². The number of rotatable bonds is 3. The van der Waals surface area contributed by atoms with E-state index >= 15 is 0 Å². The van der Waals surface area contributed by atoms with Gasteiger partial charge in [0.15, 0.2) is 0 Å². The predicted octanol–water partition coefficient (Wildman–Crippen LogP) is 3.02. The summed E-state index contributed by atoms with van der Waals surface area (Å²) in [6, 6.07) is 8.44. The van der Waals surface area contributed by atoms with Crippen molar-refractivity contribution in [1.29, 1.82) is 0 Å². The molecule has 0 bridgehead atoms. The first-order valence-corrected chi connectivity index (χ1v) is 5.20. The fraction of sp³-hybridized carbons (Fsp3) is 0.0769. The number of halogens is 1. The summed E-state index contributed by atoms with van der Waals surface area (Å²) in [4.78, 5) is 15.0. The maximum absolute atomic E-state index is 13.0. The van der Waals surface area contributed by atoms with Gasteiger partial charge in [0.25, 0.3) is 0 Å². The quantitative estimate of drug-likeness (QED) is 0.905. The molecule has 4 nitrogen and oxygen atoms in total. The number of hydrogen-bond donors (Lipinski definition) is 1. The number of aryl methyl sites for hydroxylation is 1. The number of benzene rings is 1. The van der Waals surface area contributed by atoms with Crippen LogP contribution in [0, 0.1) is 12.7 Å². The van der Waals surface area contributed by atoms with E-state index in [1.54, 1.807) is 25.1 Å². The SMILES string of the molecule is Cc1cccc(Oc2ccc(F)cc2C(=O)O)n1. The number of aromatic nitrogens is 1. The first-order chi connectivity index (χ1) is 8.56. The molecule has 92 valence electrons. The summed E-state index contributed by atoms with van der Waals surface area (Å²) in [7, 11) is 0. The van der Waals surface area contributed by atoms with Crippen molar-refractivity contribution in [3.63, 3.8) is 0 Å². The first-order valence-electron chi connectivity index (χ1n) is 5.20. The number of hydrogen-bond acceptors (Lipinski definition) is 3. The number of pyridine rings is 1. The molecule has 1 aromatic carbocycles. The van der Waals surface area contributed by atoms with Crippen LogP contribution in [0.5, 0.6) is 11.6 Å². The molecular formula is C13H10FNO3. The zero-order chi connectivity index (χ0) is 13.1. The van der Waals surface area contributed by atoms with Gasteiger partial charge in [0.1, 0.15) is 17.1 Å². The van der Waals surface area contributed by atoms with E-state index in [4.69, 9.17) is 9.84 Å². The fourth-order valence-electron chi connectivity index (χ4n) is 1.45. The van der Waals surface area contributed by atoms with Gasteiger partial charge < -0.3 is 9.84 Å². The molecule has 0 aliphatic carbocycles. The average Bonchev–Trinajstić information content (AvgIpc) is 2.31. The van der Waals surface area contributed by atoms with Gasteiger partial charge in [0, 0.05) is 11.8 Å². The third-order valence-electron chi connectivity index (χ3n) is 2.25. The first kappa shape index (κ1) is 12.0. The molecule has 0 aliphatic heterocycles. The summed E-state index contributed by atoms with van der Waals surface area (Å²) in [5.41, 5.74) is 0.504. The highest BCUT2D eigenvalue weighted by atomic mass is 19.1. The molecule has 0 atom stereocenters. The highest BCUT2D eigenvalue weighted by molar-refractivity contribution is 5.90. The van der Waals surface area contributed by atoms with E-state index in [0.29, 0.717) is 0 Å². The van der Waals surface area contributed by atoms with Crippen LogP contribution in [0.15, 0.2) is 36.4 Å². The van der Waals surface area contributed by atoms with Crippen molar-refractivity contribution < 1.29 is 19.0 Å². The van der Waals surface area contributed by atoms with Crippen LogP contribution in [0.3, 0.4) is 0 Å². The van der Waals surface area contributed by atoms with Gasteiger partial charge >= 0.3 is 5.97 Å². The van der Waals surface area contributed by atoms with Crippen molar-refractivity contribution in [3.05, 3.63) is 53.5 Å². The van der Waals surface area contributed by atoms with Crippen LogP contribution in [-0.4, -0.2) is 16.1 Å². The molecule has 0 saturated carbocycles. The van der Waals surface area contributed by atoms with Crippen LogP contribution in [0.4, 0.5) is 4.39 Å². The van der Waals surface area contributed by atoms with Crippen LogP contribution in [0.25, 0.3) is 0 Å². The smallest absolute Gasteiger partial charge is 0.339 e. The molecule has 1 aromatic heterocycles. The minimum atomic E-state index is -1.25. The standard InChI is InChI=1S/C13H10FNO3/c1-8-3-2-4-12(15-8)18-11-6-5-9(14)7-10(11)13(16)17/h2-7H,1H3,(H,16,17). The second-order valence-corrected chi connectivity index (χ2v) is 3.66. The maximum Gasteiger partial charge on any atom is 0.339 e. The molecule has 2 rings (SSSR count). The molecule has 1 heterocycles. The second kappa shape index (κ2) is 4.83. The van der Waals surface area contributed by atoms with Gasteiger partial charge in [0.05, 0.1) is 0 Å². The Morgan fingerprint density at radius 3 is 2.78 bits per heavy atom. The Morgan fingerprint density at radius 1 is 1.33 bits per heavy atom. The Balaban J connectivity index is 2.37. The molecule has 0 saturated heterocycles. The molecule has 0 fully saturated rings. The van der Waals surface area contributed by atoms with Crippen molar-refractivity contribution in [2.45, 2.75) is 6.92 Å². The fourth-order valence-corrected chi connectivity index (χ4v) is 1.45. The molecule has 0 aliphatic rings. The molecule has 0 unspecified atom stereocenters. The van der Waals surface area contributed by atoms with E-state index < -0.39 is 11.8 Å². The van der Waals surface area contributed by atoms with Crippen LogP contribution in [0.1, 0.15) is 16.1 Å². The lowest BCUT2D eigenvalue weighted by atomic mass is 10.2. The molecule has 0 spiro atoms. The van der Waals surface area contributed by atoms with E-state index in [0.717, 1.165) is 17.8 Å². The average molecular weight is 247 g/mol. The molecule has 0 radical (unpaired) electrons. The highest BCUT2D eigenvalue weighted by Gasteiger charge is 2.13. The Bertz CT molecular complexity index is 599. The summed E-state index contributed by atoms with van der Waals surface area (Å²) in [5.74, 6) is -1.56. The molecule has 2 aromatic rings. The number of carboxylic acid groups (broad SMARTS) is 1. The zero-order valence-electron chi connectivity index (χ0n) is 9.55. The number of aromatic carboxylic acids is 1. The molecule has 5 heteroatoms. The van der Waals surface area contributed by atoms with Crippen molar-refractivity contribution in [2.24, 2.45) is 0 Å². The lowest BCUT2D eigenvalue weighted by Crippen LogP contribution is -2.01. The van der Waals surface area contributed by atoms with E-state index in [2.05, 4.69) is 4.98 Å². The Labute approximate surface area is 103 Å². The van der Waals surface area contributed by atoms with Gasteiger partial charge in [0.2, 0.25) is 5.88 Å².